The van der Waals surface area contributed by atoms with Crippen molar-refractivity contribution in [3.8, 4) is 0 Å². The van der Waals surface area contributed by atoms with Crippen LogP contribution in [0.25, 0.3) is 0 Å². The summed E-state index contributed by atoms with van der Waals surface area (Å²) in [6.45, 7) is 5.78. The Morgan fingerprint density at radius 2 is 2.06 bits per heavy atom. The van der Waals surface area contributed by atoms with Crippen LogP contribution in [0.15, 0.2) is 18.3 Å². The average Bonchev–Trinajstić information content (AvgIpc) is 2.29. The van der Waals surface area contributed by atoms with Crippen LogP contribution in [0.2, 0.25) is 0 Å². The number of aryl methyl sites for hydroxylation is 1. The number of aromatic nitrogens is 1. The summed E-state index contributed by atoms with van der Waals surface area (Å²) in [6, 6.07) is 3.43. The Kier molecular flexibility index (Phi) is 4.83. The normalized spacial score (nSPS) is 10.4. The first kappa shape index (κ1) is 14.2. The fraction of sp³-hybridized carbons (Fsp3) is 0.462. The second kappa shape index (κ2) is 6.14. The van der Waals surface area contributed by atoms with Gasteiger partial charge in [-0.2, -0.15) is 0 Å². The van der Waals surface area contributed by atoms with Crippen molar-refractivity contribution < 1.29 is 14.7 Å². The van der Waals surface area contributed by atoms with E-state index in [1.165, 1.54) is 6.20 Å². The number of pyridine rings is 1. The number of carboxylic acid groups (broad SMARTS) is 1. The smallest absolute Gasteiger partial charge is 0.305 e. The lowest BCUT2D eigenvalue weighted by atomic mass is 10.2. The first-order valence-electron chi connectivity index (χ1n) is 5.87. The number of hydrogen-bond acceptors (Lipinski definition) is 3. The molecular weight excluding hydrogens is 232 g/mol. The largest absolute Gasteiger partial charge is 0.481 e. The molecule has 0 aliphatic carbocycles. The number of carbonyl (C=O) groups is 2. The van der Waals surface area contributed by atoms with Gasteiger partial charge in [-0.05, 0) is 32.9 Å². The molecule has 1 heterocycles. The molecule has 0 radical (unpaired) electrons. The SMILES string of the molecule is Cc1ccc(C(=O)N(CCC(=O)O)C(C)C)cn1. The minimum Gasteiger partial charge on any atom is -0.481 e. The number of carboxylic acids is 1. The third-order valence-corrected chi connectivity index (χ3v) is 2.61. The van der Waals surface area contributed by atoms with Crippen LogP contribution in [-0.4, -0.2) is 39.5 Å². The zero-order valence-corrected chi connectivity index (χ0v) is 10.9. The Morgan fingerprint density at radius 1 is 1.39 bits per heavy atom. The van der Waals surface area contributed by atoms with Crippen molar-refractivity contribution in [2.24, 2.45) is 0 Å². The first-order chi connectivity index (χ1) is 8.41. The van der Waals surface area contributed by atoms with E-state index in [9.17, 15) is 9.59 Å². The van der Waals surface area contributed by atoms with E-state index in [-0.39, 0.29) is 24.9 Å². The third kappa shape index (κ3) is 3.84. The van der Waals surface area contributed by atoms with E-state index in [1.54, 1.807) is 17.0 Å². The number of carbonyl (C=O) groups excluding carboxylic acids is 1. The lowest BCUT2D eigenvalue weighted by Crippen LogP contribution is -2.38. The molecule has 98 valence electrons. The molecular formula is C13H18N2O3. The summed E-state index contributed by atoms with van der Waals surface area (Å²) < 4.78 is 0. The maximum absolute atomic E-state index is 12.2. The number of nitrogens with zero attached hydrogens (tertiary/aromatic N) is 2. The Morgan fingerprint density at radius 3 is 2.50 bits per heavy atom. The zero-order chi connectivity index (χ0) is 13.7. The molecule has 0 unspecified atom stereocenters. The fourth-order valence-electron chi connectivity index (χ4n) is 1.57. The highest BCUT2D eigenvalue weighted by Gasteiger charge is 2.19. The molecule has 0 aliphatic rings. The van der Waals surface area contributed by atoms with Crippen molar-refractivity contribution >= 4 is 11.9 Å². The van der Waals surface area contributed by atoms with E-state index >= 15 is 0 Å². The summed E-state index contributed by atoms with van der Waals surface area (Å²) in [5.41, 5.74) is 1.33. The molecule has 0 fully saturated rings. The molecule has 0 atom stereocenters. The molecule has 1 N–H and O–H groups in total. The van der Waals surface area contributed by atoms with E-state index in [2.05, 4.69) is 4.98 Å². The van der Waals surface area contributed by atoms with Gasteiger partial charge in [0, 0.05) is 24.5 Å². The van der Waals surface area contributed by atoms with Gasteiger partial charge in [0.1, 0.15) is 0 Å². The van der Waals surface area contributed by atoms with Gasteiger partial charge < -0.3 is 10.0 Å². The predicted octanol–water partition coefficient (Wildman–Crippen LogP) is 1.72. The van der Waals surface area contributed by atoms with E-state index in [0.29, 0.717) is 5.56 Å². The van der Waals surface area contributed by atoms with Crippen LogP contribution in [-0.2, 0) is 4.79 Å². The Balaban J connectivity index is 2.82. The quantitative estimate of drug-likeness (QED) is 0.863. The standard InChI is InChI=1S/C13H18N2O3/c1-9(2)15(7-6-12(16)17)13(18)11-5-4-10(3)14-8-11/h4-5,8-9H,6-7H2,1-3H3,(H,16,17). The second-order valence-corrected chi connectivity index (χ2v) is 4.42. The minimum absolute atomic E-state index is 0.0434. The number of rotatable bonds is 5. The van der Waals surface area contributed by atoms with Crippen molar-refractivity contribution in [2.45, 2.75) is 33.2 Å². The van der Waals surface area contributed by atoms with Gasteiger partial charge >= 0.3 is 5.97 Å². The van der Waals surface area contributed by atoms with Crippen molar-refractivity contribution in [3.63, 3.8) is 0 Å². The summed E-state index contributed by atoms with van der Waals surface area (Å²) in [6.07, 6.45) is 1.47. The molecule has 0 aromatic carbocycles. The molecule has 0 aliphatic heterocycles. The maximum Gasteiger partial charge on any atom is 0.305 e. The lowest BCUT2D eigenvalue weighted by molar-refractivity contribution is -0.137. The highest BCUT2D eigenvalue weighted by atomic mass is 16.4. The van der Waals surface area contributed by atoms with Crippen LogP contribution in [0.1, 0.15) is 36.3 Å². The molecule has 5 heteroatoms. The monoisotopic (exact) mass is 250 g/mol. The molecule has 0 saturated carbocycles. The number of hydrogen-bond donors (Lipinski definition) is 1. The Hall–Kier alpha value is -1.91. The van der Waals surface area contributed by atoms with Gasteiger partial charge in [-0.3, -0.25) is 14.6 Å². The predicted molar refractivity (Wildman–Crippen MR) is 67.4 cm³/mol. The van der Waals surface area contributed by atoms with Crippen LogP contribution < -0.4 is 0 Å². The molecule has 1 amide bonds. The van der Waals surface area contributed by atoms with Crippen molar-refractivity contribution in [1.82, 2.24) is 9.88 Å². The van der Waals surface area contributed by atoms with E-state index in [1.807, 2.05) is 20.8 Å². The van der Waals surface area contributed by atoms with Crippen molar-refractivity contribution in [3.05, 3.63) is 29.6 Å². The highest BCUT2D eigenvalue weighted by molar-refractivity contribution is 5.94. The summed E-state index contributed by atoms with van der Waals surface area (Å²) in [5.74, 6) is -1.09. The fourth-order valence-corrected chi connectivity index (χ4v) is 1.57. The first-order valence-corrected chi connectivity index (χ1v) is 5.87. The summed E-state index contributed by atoms with van der Waals surface area (Å²) in [4.78, 5) is 28.4. The van der Waals surface area contributed by atoms with Crippen molar-refractivity contribution in [2.75, 3.05) is 6.54 Å². The van der Waals surface area contributed by atoms with Crippen LogP contribution in [0.4, 0.5) is 0 Å². The molecule has 1 aromatic rings. The van der Waals surface area contributed by atoms with Crippen LogP contribution >= 0.6 is 0 Å². The number of amides is 1. The highest BCUT2D eigenvalue weighted by Crippen LogP contribution is 2.09. The topological polar surface area (TPSA) is 70.5 Å². The van der Waals surface area contributed by atoms with Crippen molar-refractivity contribution in [1.29, 1.82) is 0 Å². The molecule has 5 nitrogen and oxygen atoms in total. The minimum atomic E-state index is -0.907. The molecule has 0 saturated heterocycles. The average molecular weight is 250 g/mol. The Labute approximate surface area is 106 Å². The lowest BCUT2D eigenvalue weighted by Gasteiger charge is -2.26. The van der Waals surface area contributed by atoms with Gasteiger partial charge in [0.25, 0.3) is 5.91 Å². The molecule has 0 spiro atoms. The molecule has 1 rings (SSSR count). The van der Waals surface area contributed by atoms with Crippen LogP contribution in [0, 0.1) is 6.92 Å². The van der Waals surface area contributed by atoms with Gasteiger partial charge in [-0.15, -0.1) is 0 Å². The number of aliphatic carboxylic acids is 1. The summed E-state index contributed by atoms with van der Waals surface area (Å²) in [5, 5.41) is 8.68. The van der Waals surface area contributed by atoms with E-state index in [0.717, 1.165) is 5.69 Å². The van der Waals surface area contributed by atoms with Gasteiger partial charge in [-0.1, -0.05) is 0 Å². The van der Waals surface area contributed by atoms with Gasteiger partial charge in [0.15, 0.2) is 0 Å². The van der Waals surface area contributed by atoms with Gasteiger partial charge in [0.05, 0.1) is 12.0 Å². The summed E-state index contributed by atoms with van der Waals surface area (Å²) >= 11 is 0. The van der Waals surface area contributed by atoms with Crippen LogP contribution in [0.5, 0.6) is 0 Å². The maximum atomic E-state index is 12.2. The van der Waals surface area contributed by atoms with Gasteiger partial charge in [-0.25, -0.2) is 0 Å². The van der Waals surface area contributed by atoms with Gasteiger partial charge in [0.2, 0.25) is 0 Å². The summed E-state index contributed by atoms with van der Waals surface area (Å²) in [7, 11) is 0. The van der Waals surface area contributed by atoms with E-state index in [4.69, 9.17) is 5.11 Å². The second-order valence-electron chi connectivity index (χ2n) is 4.42. The van der Waals surface area contributed by atoms with Crippen LogP contribution in [0.3, 0.4) is 0 Å². The molecule has 0 bridgehead atoms. The Bertz CT molecular complexity index is 426. The molecule has 1 aromatic heterocycles. The zero-order valence-electron chi connectivity index (χ0n) is 10.9. The molecule has 18 heavy (non-hydrogen) atoms. The van der Waals surface area contributed by atoms with E-state index < -0.39 is 5.97 Å². The third-order valence-electron chi connectivity index (χ3n) is 2.61.